The number of nitro benzene ring substituents is 1. The van der Waals surface area contributed by atoms with E-state index in [1.165, 1.54) is 34.7 Å². The van der Waals surface area contributed by atoms with Gasteiger partial charge in [0.05, 0.1) is 22.4 Å². The molecule has 4 rings (SSSR count). The van der Waals surface area contributed by atoms with Crippen LogP contribution in [-0.4, -0.2) is 16.7 Å². The Morgan fingerprint density at radius 3 is 2.41 bits per heavy atom. The van der Waals surface area contributed by atoms with Crippen LogP contribution in [0.15, 0.2) is 35.9 Å². The molecule has 1 aliphatic heterocycles. The molecule has 1 saturated carbocycles. The lowest BCUT2D eigenvalue weighted by molar-refractivity contribution is -0.384. The van der Waals surface area contributed by atoms with E-state index in [1.54, 1.807) is 0 Å². The third-order valence-corrected chi connectivity index (χ3v) is 5.20. The number of nitrogens with zero attached hydrogens (tertiary/aromatic N) is 2. The van der Waals surface area contributed by atoms with E-state index < -0.39 is 4.92 Å². The number of hydrogen-bond donors (Lipinski definition) is 0. The van der Waals surface area contributed by atoms with Crippen molar-refractivity contribution in [1.29, 1.82) is 0 Å². The lowest BCUT2D eigenvalue weighted by atomic mass is 9.82. The molecule has 112 valence electrons. The fourth-order valence-electron chi connectivity index (χ4n) is 4.25. The van der Waals surface area contributed by atoms with E-state index in [0.29, 0.717) is 5.69 Å². The topological polar surface area (TPSA) is 80.5 Å². The van der Waals surface area contributed by atoms with Gasteiger partial charge in [-0.3, -0.25) is 24.6 Å². The molecule has 6 heteroatoms. The average Bonchev–Trinajstić information content (AvgIpc) is 3.11. The van der Waals surface area contributed by atoms with Crippen LogP contribution in [0.1, 0.15) is 13.3 Å². The number of amides is 2. The maximum absolute atomic E-state index is 12.7. The van der Waals surface area contributed by atoms with Crippen molar-refractivity contribution < 1.29 is 14.5 Å². The van der Waals surface area contributed by atoms with Crippen LogP contribution in [-0.2, 0) is 9.59 Å². The normalized spacial score (nSPS) is 32.4. The standard InChI is InChI=1S/C16H14N2O4/c1-8-6-9-7-12(8)14-13(9)15(19)17(16(14)20)10-2-4-11(5-3-10)18(21)22/h2-6,9,12-14H,7H2,1H3/t9-,12-,13+,14+/m1/s1. The molecule has 2 bridgehead atoms. The zero-order chi connectivity index (χ0) is 15.6. The summed E-state index contributed by atoms with van der Waals surface area (Å²) in [5, 5.41) is 10.7. The van der Waals surface area contributed by atoms with E-state index >= 15 is 0 Å². The van der Waals surface area contributed by atoms with Crippen molar-refractivity contribution in [3.05, 3.63) is 46.0 Å². The van der Waals surface area contributed by atoms with Crippen molar-refractivity contribution in [3.63, 3.8) is 0 Å². The molecule has 1 aromatic carbocycles. The highest BCUT2D eigenvalue weighted by atomic mass is 16.6. The number of allylic oxidation sites excluding steroid dienone is 2. The average molecular weight is 298 g/mol. The molecule has 3 aliphatic rings. The number of anilines is 1. The Morgan fingerprint density at radius 1 is 1.14 bits per heavy atom. The van der Waals surface area contributed by atoms with Crippen molar-refractivity contribution >= 4 is 23.2 Å². The van der Waals surface area contributed by atoms with Gasteiger partial charge in [-0.2, -0.15) is 0 Å². The molecule has 0 N–H and O–H groups in total. The first kappa shape index (κ1) is 13.2. The Labute approximate surface area is 126 Å². The summed E-state index contributed by atoms with van der Waals surface area (Å²) in [6, 6.07) is 5.58. The van der Waals surface area contributed by atoms with Gasteiger partial charge in [0.1, 0.15) is 0 Å². The minimum atomic E-state index is -0.500. The summed E-state index contributed by atoms with van der Waals surface area (Å²) in [4.78, 5) is 36.8. The molecule has 2 aliphatic carbocycles. The van der Waals surface area contributed by atoms with Gasteiger partial charge in [0, 0.05) is 12.1 Å². The molecule has 4 atom stereocenters. The molecule has 0 aromatic heterocycles. The molecule has 0 spiro atoms. The highest BCUT2D eigenvalue weighted by Gasteiger charge is 2.60. The minimum Gasteiger partial charge on any atom is -0.274 e. The van der Waals surface area contributed by atoms with Crippen molar-refractivity contribution in [1.82, 2.24) is 0 Å². The minimum absolute atomic E-state index is 0.0550. The van der Waals surface area contributed by atoms with Gasteiger partial charge in [0.2, 0.25) is 11.8 Å². The van der Waals surface area contributed by atoms with Crippen molar-refractivity contribution in [2.75, 3.05) is 4.90 Å². The molecule has 1 aromatic rings. The van der Waals surface area contributed by atoms with Gasteiger partial charge in [0.25, 0.3) is 5.69 Å². The van der Waals surface area contributed by atoms with Crippen LogP contribution >= 0.6 is 0 Å². The summed E-state index contributed by atoms with van der Waals surface area (Å²) >= 11 is 0. The fraction of sp³-hybridized carbons (Fsp3) is 0.375. The van der Waals surface area contributed by atoms with E-state index in [2.05, 4.69) is 6.08 Å². The second-order valence-electron chi connectivity index (χ2n) is 6.25. The highest BCUT2D eigenvalue weighted by molar-refractivity contribution is 6.22. The number of carbonyl (C=O) groups is 2. The zero-order valence-corrected chi connectivity index (χ0v) is 11.9. The summed E-state index contributed by atoms with van der Waals surface area (Å²) in [6.07, 6.45) is 3.02. The fourth-order valence-corrected chi connectivity index (χ4v) is 4.25. The first-order valence-electron chi connectivity index (χ1n) is 7.29. The third-order valence-electron chi connectivity index (χ3n) is 5.20. The summed E-state index contributed by atoms with van der Waals surface area (Å²) in [7, 11) is 0. The van der Waals surface area contributed by atoms with Gasteiger partial charge >= 0.3 is 0 Å². The quantitative estimate of drug-likeness (QED) is 0.363. The molecule has 2 amide bonds. The molecule has 0 radical (unpaired) electrons. The van der Waals surface area contributed by atoms with Crippen LogP contribution in [0.4, 0.5) is 11.4 Å². The summed E-state index contributed by atoms with van der Waals surface area (Å²) in [6.45, 7) is 2.02. The Bertz CT molecular complexity index is 737. The smallest absolute Gasteiger partial charge is 0.269 e. The first-order chi connectivity index (χ1) is 10.5. The summed E-state index contributed by atoms with van der Waals surface area (Å²) in [5.74, 6) is -0.498. The van der Waals surface area contributed by atoms with Crippen molar-refractivity contribution in [2.45, 2.75) is 13.3 Å². The van der Waals surface area contributed by atoms with Crippen LogP contribution in [0.3, 0.4) is 0 Å². The van der Waals surface area contributed by atoms with Crippen LogP contribution in [0.2, 0.25) is 0 Å². The van der Waals surface area contributed by atoms with Gasteiger partial charge in [0.15, 0.2) is 0 Å². The van der Waals surface area contributed by atoms with E-state index in [0.717, 1.165) is 6.42 Å². The maximum Gasteiger partial charge on any atom is 0.269 e. The van der Waals surface area contributed by atoms with Gasteiger partial charge in [-0.15, -0.1) is 0 Å². The number of nitro groups is 1. The second-order valence-corrected chi connectivity index (χ2v) is 6.25. The lowest BCUT2D eigenvalue weighted by Gasteiger charge is -2.19. The van der Waals surface area contributed by atoms with Crippen LogP contribution in [0, 0.1) is 33.8 Å². The Balaban J connectivity index is 1.69. The first-order valence-corrected chi connectivity index (χ1v) is 7.29. The number of non-ortho nitro benzene ring substituents is 1. The van der Waals surface area contributed by atoms with E-state index in [-0.39, 0.29) is 41.2 Å². The Kier molecular flexibility index (Phi) is 2.55. The Hall–Kier alpha value is -2.50. The van der Waals surface area contributed by atoms with Crippen LogP contribution in [0.5, 0.6) is 0 Å². The van der Waals surface area contributed by atoms with Gasteiger partial charge in [-0.05, 0) is 37.3 Å². The van der Waals surface area contributed by atoms with Gasteiger partial charge < -0.3 is 0 Å². The Morgan fingerprint density at radius 2 is 1.77 bits per heavy atom. The van der Waals surface area contributed by atoms with E-state index in [1.807, 2.05) is 6.92 Å². The molecule has 2 fully saturated rings. The van der Waals surface area contributed by atoms with E-state index in [4.69, 9.17) is 0 Å². The molecule has 6 nitrogen and oxygen atoms in total. The SMILES string of the molecule is CC1=C[C@@H]2C[C@H]1[C@@H]1C(=O)N(c3ccc([N+](=O)[O-])cc3)C(=O)[C@H]12. The summed E-state index contributed by atoms with van der Waals surface area (Å²) < 4.78 is 0. The van der Waals surface area contributed by atoms with Crippen LogP contribution in [0.25, 0.3) is 0 Å². The molecule has 1 saturated heterocycles. The van der Waals surface area contributed by atoms with Crippen molar-refractivity contribution in [2.24, 2.45) is 23.7 Å². The predicted octanol–water partition coefficient (Wildman–Crippen LogP) is 2.30. The number of rotatable bonds is 2. The van der Waals surface area contributed by atoms with Gasteiger partial charge in [-0.25, -0.2) is 0 Å². The summed E-state index contributed by atoms with van der Waals surface area (Å²) in [5.41, 5.74) is 1.57. The highest BCUT2D eigenvalue weighted by Crippen LogP contribution is 2.55. The number of benzene rings is 1. The number of hydrogen-bond acceptors (Lipinski definition) is 4. The molecule has 1 heterocycles. The largest absolute Gasteiger partial charge is 0.274 e. The third kappa shape index (κ3) is 1.55. The van der Waals surface area contributed by atoms with Crippen LogP contribution < -0.4 is 4.90 Å². The van der Waals surface area contributed by atoms with E-state index in [9.17, 15) is 19.7 Å². The predicted molar refractivity (Wildman–Crippen MR) is 77.9 cm³/mol. The molecule has 22 heavy (non-hydrogen) atoms. The number of imide groups is 1. The monoisotopic (exact) mass is 298 g/mol. The maximum atomic E-state index is 12.7. The number of carbonyl (C=O) groups excluding carboxylic acids is 2. The second kappa shape index (κ2) is 4.25. The van der Waals surface area contributed by atoms with Crippen molar-refractivity contribution in [3.8, 4) is 0 Å². The van der Waals surface area contributed by atoms with Gasteiger partial charge in [-0.1, -0.05) is 11.6 Å². The molecular weight excluding hydrogens is 284 g/mol. The lowest BCUT2D eigenvalue weighted by Crippen LogP contribution is -2.32. The zero-order valence-electron chi connectivity index (χ0n) is 11.9. The molecule has 0 unspecified atom stereocenters. The number of fused-ring (bicyclic) bond motifs is 5. The molecular formula is C16H14N2O4.